The summed E-state index contributed by atoms with van der Waals surface area (Å²) in [5.41, 5.74) is 0. The minimum Gasteiger partial charge on any atom is -0.465 e. The highest BCUT2D eigenvalue weighted by atomic mass is 16.5. The SMILES string of the molecule is CCCC(C(=O)OCC)c1nc(CCCOC)no1. The van der Waals surface area contributed by atoms with Crippen LogP contribution >= 0.6 is 0 Å². The molecule has 0 N–H and O–H groups in total. The number of esters is 1. The second kappa shape index (κ2) is 8.63. The lowest BCUT2D eigenvalue weighted by molar-refractivity contribution is -0.145. The number of rotatable bonds is 9. The summed E-state index contributed by atoms with van der Waals surface area (Å²) in [6.07, 6.45) is 3.01. The molecule has 0 radical (unpaired) electrons. The van der Waals surface area contributed by atoms with E-state index >= 15 is 0 Å². The van der Waals surface area contributed by atoms with Gasteiger partial charge in [0.25, 0.3) is 0 Å². The number of hydrogen-bond acceptors (Lipinski definition) is 6. The molecule has 0 fully saturated rings. The van der Waals surface area contributed by atoms with Crippen molar-refractivity contribution in [2.75, 3.05) is 20.3 Å². The van der Waals surface area contributed by atoms with Gasteiger partial charge in [-0.05, 0) is 19.8 Å². The maximum absolute atomic E-state index is 11.8. The van der Waals surface area contributed by atoms with Crippen LogP contribution in [0, 0.1) is 0 Å². The third kappa shape index (κ3) is 4.98. The molecule has 0 saturated heterocycles. The first-order valence-electron chi connectivity index (χ1n) is 6.70. The Balaban J connectivity index is 2.66. The predicted octanol–water partition coefficient (Wildman–Crippen LogP) is 2.10. The molecular weight excluding hydrogens is 248 g/mol. The van der Waals surface area contributed by atoms with Crippen LogP contribution in [0.3, 0.4) is 0 Å². The van der Waals surface area contributed by atoms with Crippen molar-refractivity contribution >= 4 is 5.97 Å². The van der Waals surface area contributed by atoms with E-state index in [2.05, 4.69) is 10.1 Å². The molecule has 1 aromatic heterocycles. The average Bonchev–Trinajstić information content (AvgIpc) is 2.85. The molecule has 6 nitrogen and oxygen atoms in total. The Hall–Kier alpha value is -1.43. The first kappa shape index (κ1) is 15.6. The summed E-state index contributed by atoms with van der Waals surface area (Å²) in [4.78, 5) is 16.1. The molecule has 1 aromatic rings. The molecule has 0 saturated carbocycles. The number of ether oxygens (including phenoxy) is 2. The Bertz CT molecular complexity index is 378. The second-order valence-corrected chi connectivity index (χ2v) is 4.24. The molecule has 1 heterocycles. The number of nitrogens with zero attached hydrogens (tertiary/aromatic N) is 2. The van der Waals surface area contributed by atoms with Crippen LogP contribution in [0.1, 0.15) is 50.7 Å². The minimum absolute atomic E-state index is 0.295. The Morgan fingerprint density at radius 3 is 2.84 bits per heavy atom. The lowest BCUT2D eigenvalue weighted by Gasteiger charge is -2.09. The fourth-order valence-corrected chi connectivity index (χ4v) is 1.76. The maximum Gasteiger partial charge on any atom is 0.318 e. The average molecular weight is 270 g/mol. The molecule has 0 bridgehead atoms. The second-order valence-electron chi connectivity index (χ2n) is 4.24. The largest absolute Gasteiger partial charge is 0.465 e. The highest BCUT2D eigenvalue weighted by Gasteiger charge is 2.27. The van der Waals surface area contributed by atoms with Crippen molar-refractivity contribution in [1.82, 2.24) is 10.1 Å². The molecule has 0 aromatic carbocycles. The smallest absolute Gasteiger partial charge is 0.318 e. The van der Waals surface area contributed by atoms with Crippen molar-refractivity contribution in [2.45, 2.75) is 45.4 Å². The molecule has 19 heavy (non-hydrogen) atoms. The summed E-state index contributed by atoms with van der Waals surface area (Å²) < 4.78 is 15.2. The zero-order valence-corrected chi connectivity index (χ0v) is 11.8. The van der Waals surface area contributed by atoms with E-state index in [0.29, 0.717) is 37.8 Å². The topological polar surface area (TPSA) is 74.5 Å². The lowest BCUT2D eigenvalue weighted by Crippen LogP contribution is -2.16. The fourth-order valence-electron chi connectivity index (χ4n) is 1.76. The van der Waals surface area contributed by atoms with Gasteiger partial charge in [-0.2, -0.15) is 4.98 Å². The third-order valence-corrected chi connectivity index (χ3v) is 2.68. The molecule has 0 amide bonds. The number of methoxy groups -OCH3 is 1. The van der Waals surface area contributed by atoms with E-state index < -0.39 is 5.92 Å². The molecule has 1 atom stereocenters. The van der Waals surface area contributed by atoms with Crippen molar-refractivity contribution in [3.05, 3.63) is 11.7 Å². The number of carbonyl (C=O) groups excluding carboxylic acids is 1. The molecule has 0 aliphatic carbocycles. The van der Waals surface area contributed by atoms with Gasteiger partial charge in [-0.15, -0.1) is 0 Å². The van der Waals surface area contributed by atoms with Gasteiger partial charge >= 0.3 is 5.97 Å². The van der Waals surface area contributed by atoms with Gasteiger partial charge in [-0.3, -0.25) is 4.79 Å². The van der Waals surface area contributed by atoms with Gasteiger partial charge in [-0.1, -0.05) is 18.5 Å². The molecule has 1 unspecified atom stereocenters. The zero-order chi connectivity index (χ0) is 14.1. The molecule has 1 rings (SSSR count). The molecule has 0 aliphatic heterocycles. The van der Waals surface area contributed by atoms with Crippen LogP contribution in [-0.2, 0) is 20.7 Å². The van der Waals surface area contributed by atoms with E-state index in [4.69, 9.17) is 14.0 Å². The van der Waals surface area contributed by atoms with Crippen molar-refractivity contribution in [3.8, 4) is 0 Å². The predicted molar refractivity (Wildman–Crippen MR) is 68.8 cm³/mol. The van der Waals surface area contributed by atoms with Gasteiger partial charge in [0.2, 0.25) is 5.89 Å². The van der Waals surface area contributed by atoms with Crippen molar-refractivity contribution in [1.29, 1.82) is 0 Å². The molecular formula is C13H22N2O4. The fraction of sp³-hybridized carbons (Fsp3) is 0.769. The maximum atomic E-state index is 11.8. The first-order chi connectivity index (χ1) is 9.22. The van der Waals surface area contributed by atoms with Crippen molar-refractivity contribution < 1.29 is 18.8 Å². The van der Waals surface area contributed by atoms with E-state index in [9.17, 15) is 4.79 Å². The summed E-state index contributed by atoms with van der Waals surface area (Å²) in [7, 11) is 1.65. The van der Waals surface area contributed by atoms with Crippen LogP contribution in [0.2, 0.25) is 0 Å². The normalized spacial score (nSPS) is 12.4. The molecule has 108 valence electrons. The Morgan fingerprint density at radius 2 is 2.21 bits per heavy atom. The summed E-state index contributed by atoms with van der Waals surface area (Å²) in [6, 6.07) is 0. The van der Waals surface area contributed by atoms with E-state index in [1.807, 2.05) is 6.92 Å². The Labute approximate surface area is 113 Å². The van der Waals surface area contributed by atoms with Crippen LogP contribution in [0.4, 0.5) is 0 Å². The Kier molecular flexibility index (Phi) is 7.10. The number of carbonyl (C=O) groups is 1. The van der Waals surface area contributed by atoms with Gasteiger partial charge in [0.05, 0.1) is 6.61 Å². The van der Waals surface area contributed by atoms with Gasteiger partial charge in [-0.25, -0.2) is 0 Å². The zero-order valence-electron chi connectivity index (χ0n) is 11.8. The third-order valence-electron chi connectivity index (χ3n) is 2.68. The van der Waals surface area contributed by atoms with Gasteiger partial charge < -0.3 is 14.0 Å². The molecule has 0 spiro atoms. The number of hydrogen-bond donors (Lipinski definition) is 0. The van der Waals surface area contributed by atoms with Crippen LogP contribution in [0.15, 0.2) is 4.52 Å². The van der Waals surface area contributed by atoms with Gasteiger partial charge in [0.1, 0.15) is 5.92 Å². The number of aryl methyl sites for hydroxylation is 1. The lowest BCUT2D eigenvalue weighted by atomic mass is 10.0. The van der Waals surface area contributed by atoms with Crippen LogP contribution in [0.5, 0.6) is 0 Å². The van der Waals surface area contributed by atoms with Crippen LogP contribution in [0.25, 0.3) is 0 Å². The summed E-state index contributed by atoms with van der Waals surface area (Å²) >= 11 is 0. The standard InChI is InChI=1S/C13H22N2O4/c1-4-7-10(13(16)18-5-2)12-14-11(15-19-12)8-6-9-17-3/h10H,4-9H2,1-3H3. The van der Waals surface area contributed by atoms with Crippen molar-refractivity contribution in [2.24, 2.45) is 0 Å². The van der Waals surface area contributed by atoms with Crippen LogP contribution < -0.4 is 0 Å². The molecule has 0 aliphatic rings. The van der Waals surface area contributed by atoms with E-state index in [1.165, 1.54) is 0 Å². The first-order valence-corrected chi connectivity index (χ1v) is 6.70. The van der Waals surface area contributed by atoms with Gasteiger partial charge in [0.15, 0.2) is 5.82 Å². The highest BCUT2D eigenvalue weighted by molar-refractivity contribution is 5.76. The van der Waals surface area contributed by atoms with E-state index in [-0.39, 0.29) is 5.97 Å². The summed E-state index contributed by atoms with van der Waals surface area (Å²) in [6.45, 7) is 4.79. The van der Waals surface area contributed by atoms with Crippen molar-refractivity contribution in [3.63, 3.8) is 0 Å². The van der Waals surface area contributed by atoms with E-state index in [0.717, 1.165) is 12.8 Å². The Morgan fingerprint density at radius 1 is 1.42 bits per heavy atom. The highest BCUT2D eigenvalue weighted by Crippen LogP contribution is 2.21. The number of aromatic nitrogens is 2. The monoisotopic (exact) mass is 270 g/mol. The molecule has 6 heteroatoms. The quantitative estimate of drug-likeness (QED) is 0.505. The van der Waals surface area contributed by atoms with E-state index in [1.54, 1.807) is 14.0 Å². The summed E-state index contributed by atoms with van der Waals surface area (Å²) in [5, 5.41) is 3.88. The van der Waals surface area contributed by atoms with Crippen LogP contribution in [-0.4, -0.2) is 36.4 Å². The summed E-state index contributed by atoms with van der Waals surface area (Å²) in [5.74, 6) is 0.218. The minimum atomic E-state index is -0.450. The van der Waals surface area contributed by atoms with Gasteiger partial charge in [0, 0.05) is 20.1 Å².